The smallest absolute Gasteiger partial charge is 0.122 e. The molecule has 0 heterocycles. The first-order valence-electron chi connectivity index (χ1n) is 6.74. The van der Waals surface area contributed by atoms with Crippen LogP contribution in [0.25, 0.3) is 0 Å². The molecule has 0 spiro atoms. The molecule has 2 atom stereocenters. The fraction of sp³-hybridized carbons (Fsp3) is 0.294. The third-order valence-electron chi connectivity index (χ3n) is 3.40. The zero-order chi connectivity index (χ0) is 15.2. The standard InChI is InChI=1S/C17H19ClO3/c1-20-16-9-8-14(18)10-13(16)11-15(19)17(21-2)12-6-4-3-5-7-12/h3-10,15,17,19H,11H2,1-2H3. The molecule has 2 aromatic rings. The van der Waals surface area contributed by atoms with Crippen molar-refractivity contribution in [3.63, 3.8) is 0 Å². The van der Waals surface area contributed by atoms with Crippen molar-refractivity contribution in [3.8, 4) is 5.75 Å². The molecular weight excluding hydrogens is 288 g/mol. The number of hydrogen-bond donors (Lipinski definition) is 1. The lowest BCUT2D eigenvalue weighted by molar-refractivity contribution is -0.0130. The summed E-state index contributed by atoms with van der Waals surface area (Å²) in [6, 6.07) is 15.0. The van der Waals surface area contributed by atoms with Gasteiger partial charge in [0.1, 0.15) is 11.9 Å². The highest BCUT2D eigenvalue weighted by Gasteiger charge is 2.22. The second-order valence-electron chi connectivity index (χ2n) is 4.79. The first-order chi connectivity index (χ1) is 10.2. The van der Waals surface area contributed by atoms with Crippen LogP contribution in [0.15, 0.2) is 48.5 Å². The molecule has 3 nitrogen and oxygen atoms in total. The zero-order valence-electron chi connectivity index (χ0n) is 12.1. The monoisotopic (exact) mass is 306 g/mol. The van der Waals surface area contributed by atoms with E-state index >= 15 is 0 Å². The molecule has 0 aliphatic heterocycles. The van der Waals surface area contributed by atoms with E-state index in [2.05, 4.69) is 0 Å². The van der Waals surface area contributed by atoms with Crippen molar-refractivity contribution in [1.82, 2.24) is 0 Å². The van der Waals surface area contributed by atoms with Gasteiger partial charge in [-0.25, -0.2) is 0 Å². The maximum Gasteiger partial charge on any atom is 0.122 e. The third-order valence-corrected chi connectivity index (χ3v) is 3.64. The lowest BCUT2D eigenvalue weighted by Gasteiger charge is -2.23. The van der Waals surface area contributed by atoms with Crippen molar-refractivity contribution in [2.75, 3.05) is 14.2 Å². The fourth-order valence-corrected chi connectivity index (χ4v) is 2.59. The zero-order valence-corrected chi connectivity index (χ0v) is 12.9. The second kappa shape index (κ2) is 7.46. The van der Waals surface area contributed by atoms with Gasteiger partial charge in [-0.3, -0.25) is 0 Å². The Morgan fingerprint density at radius 1 is 1.10 bits per heavy atom. The Morgan fingerprint density at radius 2 is 1.81 bits per heavy atom. The molecule has 2 unspecified atom stereocenters. The predicted molar refractivity (Wildman–Crippen MR) is 83.9 cm³/mol. The van der Waals surface area contributed by atoms with Crippen LogP contribution in [0, 0.1) is 0 Å². The summed E-state index contributed by atoms with van der Waals surface area (Å²) < 4.78 is 10.8. The van der Waals surface area contributed by atoms with E-state index in [1.807, 2.05) is 30.3 Å². The largest absolute Gasteiger partial charge is 0.496 e. The van der Waals surface area contributed by atoms with E-state index in [1.165, 1.54) is 0 Å². The number of hydrogen-bond acceptors (Lipinski definition) is 3. The Kier molecular flexibility index (Phi) is 5.62. The average molecular weight is 307 g/mol. The summed E-state index contributed by atoms with van der Waals surface area (Å²) in [5, 5.41) is 11.1. The molecule has 0 bridgehead atoms. The lowest BCUT2D eigenvalue weighted by Crippen LogP contribution is -2.23. The minimum atomic E-state index is -0.690. The van der Waals surface area contributed by atoms with E-state index in [0.29, 0.717) is 17.2 Å². The van der Waals surface area contributed by atoms with E-state index in [4.69, 9.17) is 21.1 Å². The number of methoxy groups -OCH3 is 2. The van der Waals surface area contributed by atoms with Gasteiger partial charge >= 0.3 is 0 Å². The molecule has 0 saturated heterocycles. The summed E-state index contributed by atoms with van der Waals surface area (Å²) in [4.78, 5) is 0. The highest BCUT2D eigenvalue weighted by Crippen LogP contribution is 2.28. The van der Waals surface area contributed by atoms with Gasteiger partial charge < -0.3 is 14.6 Å². The quantitative estimate of drug-likeness (QED) is 0.885. The Bertz CT molecular complexity index is 572. The van der Waals surface area contributed by atoms with Gasteiger partial charge in [-0.1, -0.05) is 41.9 Å². The molecule has 21 heavy (non-hydrogen) atoms. The van der Waals surface area contributed by atoms with Crippen LogP contribution in [-0.2, 0) is 11.2 Å². The van der Waals surface area contributed by atoms with Gasteiger partial charge in [-0.05, 0) is 29.3 Å². The predicted octanol–water partition coefficient (Wildman–Crippen LogP) is 3.64. The Hall–Kier alpha value is -1.55. The van der Waals surface area contributed by atoms with Crippen molar-refractivity contribution in [3.05, 3.63) is 64.7 Å². The molecular formula is C17H19ClO3. The van der Waals surface area contributed by atoms with Gasteiger partial charge in [0, 0.05) is 18.6 Å². The molecule has 2 aromatic carbocycles. The lowest BCUT2D eigenvalue weighted by atomic mass is 9.98. The number of rotatable bonds is 6. The second-order valence-corrected chi connectivity index (χ2v) is 5.23. The van der Waals surface area contributed by atoms with Crippen molar-refractivity contribution in [1.29, 1.82) is 0 Å². The van der Waals surface area contributed by atoms with Crippen LogP contribution in [0.4, 0.5) is 0 Å². The molecule has 0 aliphatic carbocycles. The van der Waals surface area contributed by atoms with Crippen LogP contribution >= 0.6 is 11.6 Å². The number of halogens is 1. The Labute approximate surface area is 130 Å². The van der Waals surface area contributed by atoms with E-state index < -0.39 is 12.2 Å². The van der Waals surface area contributed by atoms with Gasteiger partial charge in [-0.2, -0.15) is 0 Å². The van der Waals surface area contributed by atoms with Crippen molar-refractivity contribution >= 4 is 11.6 Å². The number of aliphatic hydroxyl groups is 1. The molecule has 0 aromatic heterocycles. The highest BCUT2D eigenvalue weighted by molar-refractivity contribution is 6.30. The normalized spacial score (nSPS) is 13.7. The topological polar surface area (TPSA) is 38.7 Å². The molecule has 0 amide bonds. The molecule has 4 heteroatoms. The van der Waals surface area contributed by atoms with Crippen molar-refractivity contribution in [2.45, 2.75) is 18.6 Å². The molecule has 0 fully saturated rings. The molecule has 0 radical (unpaired) electrons. The Morgan fingerprint density at radius 3 is 2.43 bits per heavy atom. The summed E-state index contributed by atoms with van der Waals surface area (Å²) in [5.41, 5.74) is 1.80. The first-order valence-corrected chi connectivity index (χ1v) is 7.11. The van der Waals surface area contributed by atoms with Crippen molar-refractivity contribution in [2.24, 2.45) is 0 Å². The maximum atomic E-state index is 10.5. The van der Waals surface area contributed by atoms with Crippen molar-refractivity contribution < 1.29 is 14.6 Å². The van der Waals surface area contributed by atoms with Gasteiger partial charge in [0.15, 0.2) is 0 Å². The summed E-state index contributed by atoms with van der Waals surface area (Å²) >= 11 is 6.02. The van der Waals surface area contributed by atoms with Crippen LogP contribution < -0.4 is 4.74 Å². The van der Waals surface area contributed by atoms with Gasteiger partial charge in [0.25, 0.3) is 0 Å². The van der Waals surface area contributed by atoms with Crippen LogP contribution in [-0.4, -0.2) is 25.4 Å². The van der Waals surface area contributed by atoms with Gasteiger partial charge in [-0.15, -0.1) is 0 Å². The number of aliphatic hydroxyl groups excluding tert-OH is 1. The van der Waals surface area contributed by atoms with Crippen LogP contribution in [0.5, 0.6) is 5.75 Å². The van der Waals surface area contributed by atoms with E-state index in [0.717, 1.165) is 11.1 Å². The molecule has 0 saturated carbocycles. The van der Waals surface area contributed by atoms with Crippen LogP contribution in [0.3, 0.4) is 0 Å². The summed E-state index contributed by atoms with van der Waals surface area (Å²) in [6.07, 6.45) is -0.684. The molecule has 1 N–H and O–H groups in total. The SMILES string of the molecule is COc1ccc(Cl)cc1CC(O)C(OC)c1ccccc1. The first kappa shape index (κ1) is 15.8. The summed E-state index contributed by atoms with van der Waals surface area (Å²) in [5.74, 6) is 0.710. The summed E-state index contributed by atoms with van der Waals surface area (Å²) in [6.45, 7) is 0. The van der Waals surface area contributed by atoms with Gasteiger partial charge in [0.05, 0.1) is 13.2 Å². The minimum absolute atomic E-state index is 0.394. The minimum Gasteiger partial charge on any atom is -0.496 e. The highest BCUT2D eigenvalue weighted by atomic mass is 35.5. The molecule has 0 aliphatic rings. The summed E-state index contributed by atoms with van der Waals surface area (Å²) in [7, 11) is 3.19. The maximum absolute atomic E-state index is 10.5. The molecule has 2 rings (SSSR count). The van der Waals surface area contributed by atoms with Gasteiger partial charge in [0.2, 0.25) is 0 Å². The van der Waals surface area contributed by atoms with E-state index in [1.54, 1.807) is 32.4 Å². The van der Waals surface area contributed by atoms with E-state index in [-0.39, 0.29) is 0 Å². The molecule has 112 valence electrons. The Balaban J connectivity index is 2.20. The third kappa shape index (κ3) is 3.97. The van der Waals surface area contributed by atoms with Crippen LogP contribution in [0.1, 0.15) is 17.2 Å². The number of ether oxygens (including phenoxy) is 2. The number of benzene rings is 2. The average Bonchev–Trinajstić information content (AvgIpc) is 2.49. The van der Waals surface area contributed by atoms with Crippen LogP contribution in [0.2, 0.25) is 5.02 Å². The fourth-order valence-electron chi connectivity index (χ4n) is 2.40. The van der Waals surface area contributed by atoms with E-state index in [9.17, 15) is 5.11 Å².